The first kappa shape index (κ1) is 16.0. The summed E-state index contributed by atoms with van der Waals surface area (Å²) in [5.74, 6) is 0.296. The lowest BCUT2D eigenvalue weighted by Gasteiger charge is -2.20. The van der Waals surface area contributed by atoms with Crippen LogP contribution in [-0.2, 0) is 9.59 Å². The molecule has 0 radical (unpaired) electrons. The summed E-state index contributed by atoms with van der Waals surface area (Å²) >= 11 is 1.68. The monoisotopic (exact) mass is 330 g/mol. The Labute approximate surface area is 140 Å². The van der Waals surface area contributed by atoms with Crippen molar-refractivity contribution in [3.63, 3.8) is 0 Å². The topological polar surface area (TPSA) is 58.2 Å². The van der Waals surface area contributed by atoms with Crippen molar-refractivity contribution in [2.24, 2.45) is 5.92 Å². The maximum Gasteiger partial charge on any atom is 0.243 e. The van der Waals surface area contributed by atoms with Crippen LogP contribution in [0.1, 0.15) is 38.5 Å². The van der Waals surface area contributed by atoms with E-state index in [0.29, 0.717) is 12.3 Å². The number of hydrogen-bond acceptors (Lipinski definition) is 3. The van der Waals surface area contributed by atoms with Crippen molar-refractivity contribution in [2.75, 3.05) is 11.9 Å². The normalized spacial score (nSPS) is 15.5. The van der Waals surface area contributed by atoms with E-state index < -0.39 is 0 Å². The average Bonchev–Trinajstić information content (AvgIpc) is 3.01. The average molecular weight is 330 g/mol. The molecular formula is C18H22N2O2S. The smallest absolute Gasteiger partial charge is 0.243 e. The number of rotatable bonds is 5. The molecule has 1 aromatic carbocycles. The minimum absolute atomic E-state index is 0.0136. The molecule has 0 unspecified atom stereocenters. The molecule has 1 heterocycles. The van der Waals surface area contributed by atoms with Gasteiger partial charge >= 0.3 is 0 Å². The van der Waals surface area contributed by atoms with Gasteiger partial charge in [0.15, 0.2) is 0 Å². The summed E-state index contributed by atoms with van der Waals surface area (Å²) in [6.45, 7) is 0.0349. The Bertz CT molecular complexity index is 689. The Morgan fingerprint density at radius 1 is 1.09 bits per heavy atom. The lowest BCUT2D eigenvalue weighted by Crippen LogP contribution is -2.34. The van der Waals surface area contributed by atoms with Crippen LogP contribution in [0.2, 0.25) is 0 Å². The lowest BCUT2D eigenvalue weighted by molar-refractivity contribution is -0.125. The van der Waals surface area contributed by atoms with Crippen LogP contribution in [0.25, 0.3) is 10.1 Å². The summed E-state index contributed by atoms with van der Waals surface area (Å²) in [5, 5.41) is 8.72. The van der Waals surface area contributed by atoms with Crippen LogP contribution in [0.4, 0.5) is 5.69 Å². The van der Waals surface area contributed by atoms with Crippen molar-refractivity contribution in [1.29, 1.82) is 0 Å². The third-order valence-corrected chi connectivity index (χ3v) is 5.28. The minimum Gasteiger partial charge on any atom is -0.347 e. The molecule has 5 heteroatoms. The molecule has 1 aliphatic rings. The second-order valence-electron chi connectivity index (χ2n) is 6.21. The van der Waals surface area contributed by atoms with Gasteiger partial charge in [-0.2, -0.15) is 0 Å². The Hall–Kier alpha value is -1.88. The number of thiophene rings is 1. The largest absolute Gasteiger partial charge is 0.347 e. The Morgan fingerprint density at radius 3 is 2.74 bits per heavy atom. The van der Waals surface area contributed by atoms with Crippen molar-refractivity contribution >= 4 is 38.9 Å². The summed E-state index contributed by atoms with van der Waals surface area (Å²) in [4.78, 5) is 23.9. The highest BCUT2D eigenvalue weighted by Crippen LogP contribution is 2.26. The fourth-order valence-corrected chi connectivity index (χ4v) is 3.92. The SMILES string of the molecule is O=C(CC1CCCCC1)NCC(=O)Nc1ccc2sccc2c1. The highest BCUT2D eigenvalue weighted by molar-refractivity contribution is 7.17. The molecular weight excluding hydrogens is 308 g/mol. The van der Waals surface area contributed by atoms with E-state index in [1.54, 1.807) is 11.3 Å². The van der Waals surface area contributed by atoms with E-state index >= 15 is 0 Å². The molecule has 1 fully saturated rings. The molecule has 122 valence electrons. The van der Waals surface area contributed by atoms with Crippen molar-refractivity contribution in [3.05, 3.63) is 29.6 Å². The summed E-state index contributed by atoms with van der Waals surface area (Å²) in [6, 6.07) is 7.87. The Morgan fingerprint density at radius 2 is 1.91 bits per heavy atom. The first-order valence-corrected chi connectivity index (χ1v) is 9.12. The van der Waals surface area contributed by atoms with Crippen molar-refractivity contribution in [2.45, 2.75) is 38.5 Å². The number of fused-ring (bicyclic) bond motifs is 1. The lowest BCUT2D eigenvalue weighted by atomic mass is 9.87. The fraction of sp³-hybridized carbons (Fsp3) is 0.444. The number of hydrogen-bond donors (Lipinski definition) is 2. The number of carbonyl (C=O) groups excluding carboxylic acids is 2. The molecule has 1 aromatic heterocycles. The summed E-state index contributed by atoms with van der Waals surface area (Å²) in [6.07, 6.45) is 6.57. The molecule has 4 nitrogen and oxygen atoms in total. The van der Waals surface area contributed by atoms with Gasteiger partial charge in [0.05, 0.1) is 6.54 Å². The van der Waals surface area contributed by atoms with Gasteiger partial charge in [0, 0.05) is 16.8 Å². The van der Waals surface area contributed by atoms with Gasteiger partial charge in [-0.1, -0.05) is 19.3 Å². The Balaban J connectivity index is 1.44. The molecule has 0 atom stereocenters. The first-order valence-electron chi connectivity index (χ1n) is 8.24. The number of benzene rings is 1. The van der Waals surface area contributed by atoms with Gasteiger partial charge in [-0.3, -0.25) is 9.59 Å². The van der Waals surface area contributed by atoms with Crippen LogP contribution in [0.15, 0.2) is 29.6 Å². The van der Waals surface area contributed by atoms with Gasteiger partial charge in [-0.15, -0.1) is 11.3 Å². The molecule has 23 heavy (non-hydrogen) atoms. The molecule has 1 aliphatic carbocycles. The van der Waals surface area contributed by atoms with Crippen LogP contribution in [-0.4, -0.2) is 18.4 Å². The van der Waals surface area contributed by atoms with Gasteiger partial charge < -0.3 is 10.6 Å². The zero-order valence-corrected chi connectivity index (χ0v) is 14.0. The minimum atomic E-state index is -0.184. The van der Waals surface area contributed by atoms with Gasteiger partial charge in [0.25, 0.3) is 0 Å². The zero-order chi connectivity index (χ0) is 16.1. The van der Waals surface area contributed by atoms with Crippen LogP contribution in [0, 0.1) is 5.92 Å². The van der Waals surface area contributed by atoms with Gasteiger partial charge in [0.2, 0.25) is 11.8 Å². The number of nitrogens with one attached hydrogen (secondary N) is 2. The molecule has 2 N–H and O–H groups in total. The number of amides is 2. The highest BCUT2D eigenvalue weighted by Gasteiger charge is 2.17. The van der Waals surface area contributed by atoms with Gasteiger partial charge in [0.1, 0.15) is 0 Å². The third-order valence-electron chi connectivity index (χ3n) is 4.38. The summed E-state index contributed by atoms with van der Waals surface area (Å²) < 4.78 is 1.20. The fourth-order valence-electron chi connectivity index (χ4n) is 3.15. The van der Waals surface area contributed by atoms with Crippen molar-refractivity contribution in [3.8, 4) is 0 Å². The van der Waals surface area contributed by atoms with Gasteiger partial charge in [-0.05, 0) is 53.8 Å². The van der Waals surface area contributed by atoms with E-state index in [4.69, 9.17) is 0 Å². The summed E-state index contributed by atoms with van der Waals surface area (Å²) in [7, 11) is 0. The van der Waals surface area contributed by atoms with Crippen LogP contribution >= 0.6 is 11.3 Å². The summed E-state index contributed by atoms with van der Waals surface area (Å²) in [5.41, 5.74) is 0.766. The number of carbonyl (C=O) groups is 2. The highest BCUT2D eigenvalue weighted by atomic mass is 32.1. The van der Waals surface area contributed by atoms with E-state index in [0.717, 1.165) is 23.9 Å². The van der Waals surface area contributed by atoms with Gasteiger partial charge in [-0.25, -0.2) is 0 Å². The molecule has 0 bridgehead atoms. The quantitative estimate of drug-likeness (QED) is 0.873. The molecule has 0 aliphatic heterocycles. The predicted molar refractivity (Wildman–Crippen MR) is 94.7 cm³/mol. The predicted octanol–water partition coefficient (Wildman–Crippen LogP) is 3.93. The van der Waals surface area contributed by atoms with E-state index in [1.165, 1.54) is 24.0 Å². The first-order chi connectivity index (χ1) is 11.2. The van der Waals surface area contributed by atoms with E-state index in [2.05, 4.69) is 10.6 Å². The van der Waals surface area contributed by atoms with Crippen LogP contribution in [0.5, 0.6) is 0 Å². The van der Waals surface area contributed by atoms with Crippen molar-refractivity contribution in [1.82, 2.24) is 5.32 Å². The van der Waals surface area contributed by atoms with Crippen molar-refractivity contribution < 1.29 is 9.59 Å². The zero-order valence-electron chi connectivity index (χ0n) is 13.1. The molecule has 2 amide bonds. The maximum absolute atomic E-state index is 12.0. The molecule has 3 rings (SSSR count). The third kappa shape index (κ3) is 4.55. The molecule has 0 saturated heterocycles. The molecule has 0 spiro atoms. The van der Waals surface area contributed by atoms with Crippen LogP contribution < -0.4 is 10.6 Å². The molecule has 2 aromatic rings. The maximum atomic E-state index is 12.0. The van der Waals surface area contributed by atoms with E-state index in [9.17, 15) is 9.59 Å². The standard InChI is InChI=1S/C18H22N2O2S/c21-17(10-13-4-2-1-3-5-13)19-12-18(22)20-15-6-7-16-14(11-15)8-9-23-16/h6-9,11,13H,1-5,10,12H2,(H,19,21)(H,20,22). The molecule has 1 saturated carbocycles. The Kier molecular flexibility index (Phi) is 5.28. The van der Waals surface area contributed by atoms with Crippen LogP contribution in [0.3, 0.4) is 0 Å². The second kappa shape index (κ2) is 7.59. The number of anilines is 1. The van der Waals surface area contributed by atoms with E-state index in [-0.39, 0.29) is 18.4 Å². The van der Waals surface area contributed by atoms with E-state index in [1.807, 2.05) is 29.6 Å². The second-order valence-corrected chi connectivity index (χ2v) is 7.15.